The molecule has 4 aliphatic rings. The van der Waals surface area contributed by atoms with Gasteiger partial charge in [0.15, 0.2) is 5.79 Å². The Morgan fingerprint density at radius 1 is 0.606 bits per heavy atom. The molecule has 0 aromatic rings. The molecule has 0 unspecified atom stereocenters. The molecule has 1 spiro atoms. The van der Waals surface area contributed by atoms with Gasteiger partial charge >= 0.3 is 17.1 Å². The van der Waals surface area contributed by atoms with Crippen molar-refractivity contribution in [3.05, 3.63) is 0 Å². The number of aliphatic hydroxyl groups excluding tert-OH is 2. The highest BCUT2D eigenvalue weighted by Gasteiger charge is 2.68. The summed E-state index contributed by atoms with van der Waals surface area (Å²) in [5.74, 6) is -0.690. The van der Waals surface area contributed by atoms with Crippen LogP contribution in [0.15, 0.2) is 0 Å². The first-order valence-corrected chi connectivity index (χ1v) is 17.1. The SMILES string of the molecule is CC(C)[Si]1(C(C)C)O[C@H]2[C@H]3OC4(CCCCC4)O[C@H]3[C@H](O)[C@@H](O)[C@@H]2O[Si](C(C)C)(C(C)C)O1. The second kappa shape index (κ2) is 9.23. The van der Waals surface area contributed by atoms with E-state index in [0.29, 0.717) is 0 Å². The van der Waals surface area contributed by atoms with Crippen LogP contribution in [0.4, 0.5) is 0 Å². The third kappa shape index (κ3) is 4.13. The molecule has 0 radical (unpaired) electrons. The van der Waals surface area contributed by atoms with Crippen LogP contribution < -0.4 is 0 Å². The molecule has 2 N–H and O–H groups in total. The van der Waals surface area contributed by atoms with Crippen molar-refractivity contribution in [1.29, 1.82) is 0 Å². The van der Waals surface area contributed by atoms with Crippen LogP contribution in [0.2, 0.25) is 22.2 Å². The molecule has 2 aliphatic carbocycles. The minimum absolute atomic E-state index is 0.164. The van der Waals surface area contributed by atoms with Crippen LogP contribution in [0.1, 0.15) is 87.5 Å². The van der Waals surface area contributed by atoms with Gasteiger partial charge in [-0.15, -0.1) is 0 Å². The van der Waals surface area contributed by atoms with Gasteiger partial charge in [0.05, 0.1) is 0 Å². The number of fused-ring (bicyclic) bond motifs is 3. The van der Waals surface area contributed by atoms with E-state index in [-0.39, 0.29) is 22.2 Å². The maximum Gasteiger partial charge on any atom is 0.335 e. The fourth-order valence-corrected chi connectivity index (χ4v) is 17.9. The first kappa shape index (κ1) is 26.2. The lowest BCUT2D eigenvalue weighted by atomic mass is 9.85. The summed E-state index contributed by atoms with van der Waals surface area (Å²) in [5, 5.41) is 22.6. The number of ether oxygens (including phenoxy) is 2. The van der Waals surface area contributed by atoms with Crippen molar-refractivity contribution in [2.75, 3.05) is 0 Å². The van der Waals surface area contributed by atoms with Crippen molar-refractivity contribution in [3.8, 4) is 0 Å². The predicted molar refractivity (Wildman–Crippen MR) is 130 cm³/mol. The molecular weight excluding hydrogens is 456 g/mol. The molecule has 0 bridgehead atoms. The molecule has 2 heterocycles. The lowest BCUT2D eigenvalue weighted by molar-refractivity contribution is -0.202. The van der Waals surface area contributed by atoms with Gasteiger partial charge in [0.2, 0.25) is 0 Å². The average Bonchev–Trinajstić information content (AvgIpc) is 3.00. The van der Waals surface area contributed by atoms with Crippen molar-refractivity contribution in [2.24, 2.45) is 0 Å². The minimum Gasteiger partial charge on any atom is -0.414 e. The van der Waals surface area contributed by atoms with Gasteiger partial charge < -0.3 is 32.7 Å². The van der Waals surface area contributed by atoms with E-state index in [1.165, 1.54) is 6.42 Å². The Morgan fingerprint density at radius 2 is 1.03 bits per heavy atom. The predicted octanol–water partition coefficient (Wildman–Crippen LogP) is 4.49. The topological polar surface area (TPSA) is 86.6 Å². The van der Waals surface area contributed by atoms with E-state index in [0.717, 1.165) is 25.7 Å². The number of rotatable bonds is 4. The van der Waals surface area contributed by atoms with Crippen molar-refractivity contribution < 1.29 is 32.7 Å². The van der Waals surface area contributed by atoms with Crippen LogP contribution in [-0.2, 0) is 22.4 Å². The summed E-state index contributed by atoms with van der Waals surface area (Å²) in [4.78, 5) is 0. The van der Waals surface area contributed by atoms with E-state index in [2.05, 4.69) is 55.4 Å². The Labute approximate surface area is 202 Å². The van der Waals surface area contributed by atoms with Gasteiger partial charge in [-0.05, 0) is 35.0 Å². The Hall–Kier alpha value is 0.154. The number of hydrogen-bond donors (Lipinski definition) is 2. The van der Waals surface area contributed by atoms with Gasteiger partial charge in [-0.2, -0.15) is 0 Å². The van der Waals surface area contributed by atoms with E-state index in [9.17, 15) is 10.2 Å². The van der Waals surface area contributed by atoms with Crippen molar-refractivity contribution >= 4 is 17.1 Å². The molecule has 2 saturated heterocycles. The maximum atomic E-state index is 11.4. The van der Waals surface area contributed by atoms with Crippen LogP contribution in [0.3, 0.4) is 0 Å². The van der Waals surface area contributed by atoms with Crippen LogP contribution in [-0.4, -0.2) is 69.7 Å². The number of aliphatic hydroxyl groups is 2. The van der Waals surface area contributed by atoms with Crippen LogP contribution in [0.25, 0.3) is 0 Å². The largest absolute Gasteiger partial charge is 0.414 e. The van der Waals surface area contributed by atoms with Gasteiger partial charge in [-0.1, -0.05) is 61.8 Å². The molecule has 9 heteroatoms. The Kier molecular flexibility index (Phi) is 7.33. The van der Waals surface area contributed by atoms with Crippen LogP contribution in [0.5, 0.6) is 0 Å². The smallest absolute Gasteiger partial charge is 0.335 e. The molecule has 7 nitrogen and oxygen atoms in total. The quantitative estimate of drug-likeness (QED) is 0.548. The molecule has 0 amide bonds. The highest BCUT2D eigenvalue weighted by atomic mass is 28.5. The zero-order chi connectivity index (χ0) is 24.3. The first-order valence-electron chi connectivity index (χ1n) is 13.2. The third-order valence-corrected chi connectivity index (χ3v) is 18.8. The molecule has 2 aliphatic heterocycles. The maximum absolute atomic E-state index is 11.4. The number of hydrogen-bond acceptors (Lipinski definition) is 7. The summed E-state index contributed by atoms with van der Waals surface area (Å²) < 4.78 is 34.3. The highest BCUT2D eigenvalue weighted by molar-refractivity contribution is 6.84. The van der Waals surface area contributed by atoms with E-state index in [4.69, 9.17) is 22.4 Å². The highest BCUT2D eigenvalue weighted by Crippen LogP contribution is 2.53. The van der Waals surface area contributed by atoms with Crippen LogP contribution in [0, 0.1) is 0 Å². The summed E-state index contributed by atoms with van der Waals surface area (Å²) in [6, 6.07) is 0. The van der Waals surface area contributed by atoms with Crippen molar-refractivity contribution in [1.82, 2.24) is 0 Å². The first-order chi connectivity index (χ1) is 15.4. The Bertz CT molecular complexity index is 678. The van der Waals surface area contributed by atoms with Crippen molar-refractivity contribution in [2.45, 2.75) is 152 Å². The van der Waals surface area contributed by atoms with E-state index < -0.39 is 59.5 Å². The summed E-state index contributed by atoms with van der Waals surface area (Å²) in [7, 11) is -5.67. The molecule has 6 atom stereocenters. The Morgan fingerprint density at radius 3 is 1.52 bits per heavy atom. The summed E-state index contributed by atoms with van der Waals surface area (Å²) in [6.07, 6.45) is 0.336. The zero-order valence-electron chi connectivity index (χ0n) is 21.7. The summed E-state index contributed by atoms with van der Waals surface area (Å²) >= 11 is 0. The van der Waals surface area contributed by atoms with Gasteiger partial charge in [0.25, 0.3) is 0 Å². The standard InChI is InChI=1S/C24H46O7Si2/c1-14(2)32(15(3)4)29-21-19(26)18(25)20-22(28-24(27-20)12-10-9-11-13-24)23(21)30-33(31-32,16(5)6)17(7)8/h14-23,25-26H,9-13H2,1-8H3/t18-,19-,20+,21+,22+,23-/m1/s1. The monoisotopic (exact) mass is 502 g/mol. The normalized spacial score (nSPS) is 39.8. The molecule has 4 fully saturated rings. The molecular formula is C24H46O7Si2. The van der Waals surface area contributed by atoms with E-state index in [1.54, 1.807) is 0 Å². The molecule has 192 valence electrons. The van der Waals surface area contributed by atoms with Gasteiger partial charge in [0, 0.05) is 12.8 Å². The molecule has 0 aromatic carbocycles. The molecule has 33 heavy (non-hydrogen) atoms. The zero-order valence-corrected chi connectivity index (χ0v) is 23.7. The van der Waals surface area contributed by atoms with Crippen molar-refractivity contribution in [3.63, 3.8) is 0 Å². The summed E-state index contributed by atoms with van der Waals surface area (Å²) in [6.45, 7) is 17.4. The average molecular weight is 503 g/mol. The second-order valence-corrected chi connectivity index (χ2v) is 20.7. The van der Waals surface area contributed by atoms with Gasteiger partial charge in [-0.3, -0.25) is 0 Å². The lowest BCUT2D eigenvalue weighted by Crippen LogP contribution is -2.66. The summed E-state index contributed by atoms with van der Waals surface area (Å²) in [5.41, 5.74) is 0.712. The van der Waals surface area contributed by atoms with Gasteiger partial charge in [0.1, 0.15) is 36.6 Å². The molecule has 4 rings (SSSR count). The van der Waals surface area contributed by atoms with E-state index >= 15 is 0 Å². The fourth-order valence-electron chi connectivity index (χ4n) is 6.61. The van der Waals surface area contributed by atoms with Crippen LogP contribution >= 0.6 is 0 Å². The van der Waals surface area contributed by atoms with Gasteiger partial charge in [-0.25, -0.2) is 0 Å². The second-order valence-electron chi connectivity index (χ2n) is 11.9. The fraction of sp³-hybridized carbons (Fsp3) is 1.00. The lowest BCUT2D eigenvalue weighted by Gasteiger charge is -2.46. The molecule has 0 aromatic heterocycles. The minimum atomic E-state index is -2.85. The third-order valence-electron chi connectivity index (χ3n) is 8.49. The molecule has 2 saturated carbocycles. The Balaban J connectivity index is 1.81. The van der Waals surface area contributed by atoms with E-state index in [1.807, 2.05) is 0 Å².